The zero-order valence-corrected chi connectivity index (χ0v) is 11.3. The number of likely N-dealkylation sites (tertiary alicyclic amines) is 1. The summed E-state index contributed by atoms with van der Waals surface area (Å²) in [6.45, 7) is 11.4. The first-order valence-corrected chi connectivity index (χ1v) is 6.42. The van der Waals surface area contributed by atoms with Gasteiger partial charge in [0.1, 0.15) is 0 Å². The van der Waals surface area contributed by atoms with Crippen molar-refractivity contribution in [2.75, 3.05) is 6.54 Å². The Morgan fingerprint density at radius 1 is 1.44 bits per heavy atom. The minimum atomic E-state index is -0.140. The molecule has 0 aromatic carbocycles. The van der Waals surface area contributed by atoms with Gasteiger partial charge in [0.05, 0.1) is 0 Å². The number of urea groups is 1. The third-order valence-corrected chi connectivity index (χ3v) is 3.30. The Bertz CT molecular complexity index is 245. The van der Waals surface area contributed by atoms with Crippen molar-refractivity contribution in [1.29, 1.82) is 0 Å². The molecule has 1 aliphatic heterocycles. The number of hydrogen-bond acceptors (Lipinski definition) is 1. The highest BCUT2D eigenvalue weighted by atomic mass is 16.2. The molecule has 1 N–H and O–H groups in total. The van der Waals surface area contributed by atoms with Gasteiger partial charge in [0.2, 0.25) is 0 Å². The molecular formula is C13H26N2O. The summed E-state index contributed by atoms with van der Waals surface area (Å²) in [6.07, 6.45) is 3.53. The summed E-state index contributed by atoms with van der Waals surface area (Å²) in [5, 5.41) is 3.04. The second-order valence-electron chi connectivity index (χ2n) is 6.02. The van der Waals surface area contributed by atoms with Gasteiger partial charge in [0, 0.05) is 18.1 Å². The van der Waals surface area contributed by atoms with Crippen molar-refractivity contribution in [2.45, 2.75) is 65.5 Å². The molecule has 1 saturated heterocycles. The van der Waals surface area contributed by atoms with Crippen LogP contribution in [0, 0.1) is 5.92 Å². The fourth-order valence-corrected chi connectivity index (χ4v) is 2.33. The van der Waals surface area contributed by atoms with Crippen molar-refractivity contribution in [2.24, 2.45) is 5.92 Å². The molecule has 94 valence electrons. The van der Waals surface area contributed by atoms with Crippen LogP contribution in [0.4, 0.5) is 4.79 Å². The van der Waals surface area contributed by atoms with Crippen molar-refractivity contribution >= 4 is 6.03 Å². The van der Waals surface area contributed by atoms with E-state index in [1.165, 1.54) is 6.42 Å². The maximum absolute atomic E-state index is 12.0. The lowest BCUT2D eigenvalue weighted by molar-refractivity contribution is 0.128. The smallest absolute Gasteiger partial charge is 0.318 e. The van der Waals surface area contributed by atoms with E-state index in [1.807, 2.05) is 25.7 Å². The van der Waals surface area contributed by atoms with Crippen molar-refractivity contribution in [1.82, 2.24) is 10.2 Å². The number of rotatable bonds is 1. The van der Waals surface area contributed by atoms with E-state index in [1.54, 1.807) is 0 Å². The van der Waals surface area contributed by atoms with Crippen LogP contribution >= 0.6 is 0 Å². The lowest BCUT2D eigenvalue weighted by atomic mass is 9.90. The highest BCUT2D eigenvalue weighted by molar-refractivity contribution is 5.75. The zero-order chi connectivity index (χ0) is 12.3. The Morgan fingerprint density at radius 3 is 2.50 bits per heavy atom. The molecule has 1 aliphatic rings. The summed E-state index contributed by atoms with van der Waals surface area (Å²) in [6, 6.07) is 0.468. The van der Waals surface area contributed by atoms with Crippen molar-refractivity contribution < 1.29 is 4.79 Å². The zero-order valence-electron chi connectivity index (χ0n) is 11.3. The molecule has 0 saturated carbocycles. The van der Waals surface area contributed by atoms with Gasteiger partial charge in [-0.15, -0.1) is 0 Å². The van der Waals surface area contributed by atoms with Gasteiger partial charge in [-0.1, -0.05) is 13.3 Å². The van der Waals surface area contributed by atoms with Crippen molar-refractivity contribution in [3.8, 4) is 0 Å². The van der Waals surface area contributed by atoms with Gasteiger partial charge >= 0.3 is 6.03 Å². The SMILES string of the molecule is CCC1CCN(C(=O)NC(C)(C)C)C(C)C1. The van der Waals surface area contributed by atoms with Gasteiger partial charge in [-0.05, 0) is 46.5 Å². The quantitative estimate of drug-likeness (QED) is 0.732. The van der Waals surface area contributed by atoms with Crippen molar-refractivity contribution in [3.63, 3.8) is 0 Å². The summed E-state index contributed by atoms with van der Waals surface area (Å²) in [5.41, 5.74) is -0.140. The van der Waals surface area contributed by atoms with Gasteiger partial charge in [0.25, 0.3) is 0 Å². The molecule has 0 bridgehead atoms. The average molecular weight is 226 g/mol. The van der Waals surface area contributed by atoms with Gasteiger partial charge < -0.3 is 10.2 Å². The second kappa shape index (κ2) is 5.07. The highest BCUT2D eigenvalue weighted by Crippen LogP contribution is 2.25. The molecule has 16 heavy (non-hydrogen) atoms. The molecule has 1 heterocycles. The second-order valence-corrected chi connectivity index (χ2v) is 6.02. The number of nitrogens with zero attached hydrogens (tertiary/aromatic N) is 1. The molecule has 0 radical (unpaired) electrons. The molecule has 0 aromatic rings. The molecule has 3 nitrogen and oxygen atoms in total. The van der Waals surface area contributed by atoms with Gasteiger partial charge in [0.15, 0.2) is 0 Å². The van der Waals surface area contributed by atoms with E-state index in [0.29, 0.717) is 6.04 Å². The van der Waals surface area contributed by atoms with E-state index in [0.717, 1.165) is 25.3 Å². The van der Waals surface area contributed by atoms with E-state index in [4.69, 9.17) is 0 Å². The third-order valence-electron chi connectivity index (χ3n) is 3.30. The molecule has 3 heteroatoms. The summed E-state index contributed by atoms with van der Waals surface area (Å²) in [5.74, 6) is 0.800. The molecule has 2 unspecified atom stereocenters. The summed E-state index contributed by atoms with van der Waals surface area (Å²) in [7, 11) is 0. The van der Waals surface area contributed by atoms with Crippen LogP contribution in [0.3, 0.4) is 0 Å². The predicted molar refractivity (Wildman–Crippen MR) is 67.5 cm³/mol. The lowest BCUT2D eigenvalue weighted by Crippen LogP contribution is -2.53. The molecule has 0 aromatic heterocycles. The van der Waals surface area contributed by atoms with Crippen LogP contribution in [-0.4, -0.2) is 29.1 Å². The standard InChI is InChI=1S/C13H26N2O/c1-6-11-7-8-15(10(2)9-11)12(16)14-13(3,4)5/h10-11H,6-9H2,1-5H3,(H,14,16). The van der Waals surface area contributed by atoms with E-state index in [9.17, 15) is 4.79 Å². The first kappa shape index (κ1) is 13.3. The van der Waals surface area contributed by atoms with Crippen molar-refractivity contribution in [3.05, 3.63) is 0 Å². The monoisotopic (exact) mass is 226 g/mol. The Hall–Kier alpha value is -0.730. The third kappa shape index (κ3) is 3.69. The Balaban J connectivity index is 2.52. The summed E-state index contributed by atoms with van der Waals surface area (Å²) < 4.78 is 0. The van der Waals surface area contributed by atoms with Gasteiger partial charge in [-0.3, -0.25) is 0 Å². The minimum Gasteiger partial charge on any atom is -0.333 e. The fourth-order valence-electron chi connectivity index (χ4n) is 2.33. The molecule has 2 atom stereocenters. The average Bonchev–Trinajstić information content (AvgIpc) is 2.14. The number of carbonyl (C=O) groups is 1. The number of amides is 2. The van der Waals surface area contributed by atoms with E-state index >= 15 is 0 Å². The molecule has 1 rings (SSSR count). The van der Waals surface area contributed by atoms with Gasteiger partial charge in [-0.2, -0.15) is 0 Å². The molecule has 1 fully saturated rings. The lowest BCUT2D eigenvalue weighted by Gasteiger charge is -2.39. The molecule has 0 spiro atoms. The van der Waals surface area contributed by atoms with E-state index in [-0.39, 0.29) is 11.6 Å². The first-order valence-electron chi connectivity index (χ1n) is 6.42. The Labute approximate surface area is 99.6 Å². The van der Waals surface area contributed by atoms with E-state index in [2.05, 4.69) is 19.2 Å². The topological polar surface area (TPSA) is 32.3 Å². The minimum absolute atomic E-state index is 0.0922. The maximum atomic E-state index is 12.0. The van der Waals surface area contributed by atoms with Crippen LogP contribution in [0.2, 0.25) is 0 Å². The van der Waals surface area contributed by atoms with Crippen LogP contribution in [0.25, 0.3) is 0 Å². The summed E-state index contributed by atoms with van der Waals surface area (Å²) in [4.78, 5) is 14.0. The number of piperidine rings is 1. The fraction of sp³-hybridized carbons (Fsp3) is 0.923. The molecular weight excluding hydrogens is 200 g/mol. The van der Waals surface area contributed by atoms with E-state index < -0.39 is 0 Å². The largest absolute Gasteiger partial charge is 0.333 e. The van der Waals surface area contributed by atoms with Crippen LogP contribution in [0.5, 0.6) is 0 Å². The maximum Gasteiger partial charge on any atom is 0.318 e. The van der Waals surface area contributed by atoms with Gasteiger partial charge in [-0.25, -0.2) is 4.79 Å². The Kier molecular flexibility index (Phi) is 4.22. The number of hydrogen-bond donors (Lipinski definition) is 1. The molecule has 2 amide bonds. The highest BCUT2D eigenvalue weighted by Gasteiger charge is 2.29. The molecule has 0 aliphatic carbocycles. The normalized spacial score (nSPS) is 26.7. The first-order chi connectivity index (χ1) is 7.33. The number of nitrogens with one attached hydrogen (secondary N) is 1. The van der Waals surface area contributed by atoms with Crippen LogP contribution in [0.1, 0.15) is 53.9 Å². The van der Waals surface area contributed by atoms with Crippen LogP contribution in [-0.2, 0) is 0 Å². The predicted octanol–water partition coefficient (Wildman–Crippen LogP) is 3.01. The van der Waals surface area contributed by atoms with Crippen LogP contribution in [0.15, 0.2) is 0 Å². The summed E-state index contributed by atoms with van der Waals surface area (Å²) >= 11 is 0. The number of carbonyl (C=O) groups excluding carboxylic acids is 1. The Morgan fingerprint density at radius 2 is 2.06 bits per heavy atom. The van der Waals surface area contributed by atoms with Crippen LogP contribution < -0.4 is 5.32 Å².